The minimum absolute atomic E-state index is 0.169. The van der Waals surface area contributed by atoms with Crippen LogP contribution in [0.25, 0.3) is 28.1 Å². The van der Waals surface area contributed by atoms with Gasteiger partial charge in [-0.2, -0.15) is 0 Å². The average Bonchev–Trinajstić information content (AvgIpc) is 3.18. The van der Waals surface area contributed by atoms with Crippen LogP contribution in [-0.4, -0.2) is 15.8 Å². The van der Waals surface area contributed by atoms with E-state index < -0.39 is 0 Å². The van der Waals surface area contributed by atoms with Crippen molar-refractivity contribution in [1.82, 2.24) is 9.55 Å². The van der Waals surface area contributed by atoms with E-state index in [9.17, 15) is 9.59 Å². The number of hydrogen-bond donors (Lipinski definition) is 0. The molecule has 0 saturated heterocycles. The molecular formula is C21H14N2O2S. The molecule has 0 aliphatic carbocycles. The van der Waals surface area contributed by atoms with Crippen LogP contribution in [0.15, 0.2) is 83.2 Å². The van der Waals surface area contributed by atoms with E-state index in [1.807, 2.05) is 60.0 Å². The summed E-state index contributed by atoms with van der Waals surface area (Å²) < 4.78 is 1.60. The van der Waals surface area contributed by atoms with Crippen LogP contribution in [0.1, 0.15) is 9.67 Å². The summed E-state index contributed by atoms with van der Waals surface area (Å²) in [6.07, 6.45) is 4.30. The van der Waals surface area contributed by atoms with E-state index >= 15 is 0 Å². The molecule has 0 atom stereocenters. The first-order valence-electron chi connectivity index (χ1n) is 8.04. The highest BCUT2D eigenvalue weighted by molar-refractivity contribution is 7.12. The predicted octanol–water partition coefficient (Wildman–Crippen LogP) is 4.44. The first-order chi connectivity index (χ1) is 12.8. The van der Waals surface area contributed by atoms with E-state index in [-0.39, 0.29) is 5.56 Å². The Morgan fingerprint density at radius 2 is 1.77 bits per heavy atom. The second kappa shape index (κ2) is 6.90. The molecule has 1 aromatic carbocycles. The highest BCUT2D eigenvalue weighted by atomic mass is 32.1. The first kappa shape index (κ1) is 16.2. The number of aldehydes is 1. The Balaban J connectivity index is 2.02. The van der Waals surface area contributed by atoms with Crippen LogP contribution in [0.2, 0.25) is 0 Å². The number of carbonyl (C=O) groups excluding carboxylic acids is 1. The highest BCUT2D eigenvalue weighted by Gasteiger charge is 2.15. The lowest BCUT2D eigenvalue weighted by atomic mass is 10.0. The van der Waals surface area contributed by atoms with Gasteiger partial charge in [0.05, 0.1) is 10.6 Å². The minimum Gasteiger partial charge on any atom is -0.297 e. The Labute approximate surface area is 154 Å². The van der Waals surface area contributed by atoms with Gasteiger partial charge in [0.25, 0.3) is 5.56 Å². The Bertz CT molecular complexity index is 1120. The molecule has 0 saturated carbocycles. The number of pyridine rings is 2. The van der Waals surface area contributed by atoms with Gasteiger partial charge in [-0.3, -0.25) is 19.1 Å². The zero-order valence-corrected chi connectivity index (χ0v) is 14.5. The molecular weight excluding hydrogens is 344 g/mol. The lowest BCUT2D eigenvalue weighted by molar-refractivity contribution is 0.112. The standard InChI is InChI=1S/C21H14N2O2S/c24-14-20-17(9-11-26-20)18-12-15(19-8-4-5-10-22-19)13-23(21(18)25)16-6-2-1-3-7-16/h1-14H. The lowest BCUT2D eigenvalue weighted by Crippen LogP contribution is -2.20. The third-order valence-electron chi connectivity index (χ3n) is 4.10. The van der Waals surface area contributed by atoms with Gasteiger partial charge in [0.2, 0.25) is 0 Å². The summed E-state index contributed by atoms with van der Waals surface area (Å²) in [5.41, 5.74) is 3.31. The van der Waals surface area contributed by atoms with E-state index in [0.29, 0.717) is 16.0 Å². The molecule has 126 valence electrons. The molecule has 5 heteroatoms. The van der Waals surface area contributed by atoms with Gasteiger partial charge in [-0.1, -0.05) is 24.3 Å². The number of carbonyl (C=O) groups is 1. The summed E-state index contributed by atoms with van der Waals surface area (Å²) in [5, 5.41) is 1.82. The molecule has 3 aromatic heterocycles. The second-order valence-corrected chi connectivity index (χ2v) is 6.63. The fraction of sp³-hybridized carbons (Fsp3) is 0. The van der Waals surface area contributed by atoms with Gasteiger partial charge in [0.15, 0.2) is 6.29 Å². The van der Waals surface area contributed by atoms with Gasteiger partial charge in [0.1, 0.15) is 0 Å². The molecule has 0 unspecified atom stereocenters. The summed E-state index contributed by atoms with van der Waals surface area (Å²) in [4.78, 5) is 29.5. The van der Waals surface area contributed by atoms with Crippen LogP contribution >= 0.6 is 11.3 Å². The average molecular weight is 358 g/mol. The number of nitrogens with zero attached hydrogens (tertiary/aromatic N) is 2. The lowest BCUT2D eigenvalue weighted by Gasteiger charge is -2.12. The minimum atomic E-state index is -0.169. The van der Waals surface area contributed by atoms with E-state index in [2.05, 4.69) is 4.98 Å². The monoisotopic (exact) mass is 358 g/mol. The van der Waals surface area contributed by atoms with E-state index in [0.717, 1.165) is 23.2 Å². The molecule has 0 amide bonds. The molecule has 3 heterocycles. The van der Waals surface area contributed by atoms with E-state index in [1.54, 1.807) is 23.0 Å². The zero-order valence-electron chi connectivity index (χ0n) is 13.7. The van der Waals surface area contributed by atoms with E-state index in [4.69, 9.17) is 0 Å². The van der Waals surface area contributed by atoms with E-state index in [1.165, 1.54) is 11.3 Å². The van der Waals surface area contributed by atoms with Crippen LogP contribution in [-0.2, 0) is 0 Å². The van der Waals surface area contributed by atoms with Crippen molar-refractivity contribution in [3.05, 3.63) is 93.7 Å². The number of aromatic nitrogens is 2. The molecule has 26 heavy (non-hydrogen) atoms. The van der Waals surface area contributed by atoms with Gasteiger partial charge in [-0.25, -0.2) is 0 Å². The van der Waals surface area contributed by atoms with Gasteiger partial charge < -0.3 is 0 Å². The third-order valence-corrected chi connectivity index (χ3v) is 4.95. The summed E-state index contributed by atoms with van der Waals surface area (Å²) in [6, 6.07) is 18.7. The van der Waals surface area contributed by atoms with Crippen molar-refractivity contribution in [3.8, 4) is 28.1 Å². The Morgan fingerprint density at radius 3 is 2.50 bits per heavy atom. The number of hydrogen-bond acceptors (Lipinski definition) is 4. The van der Waals surface area contributed by atoms with Crippen LogP contribution in [0.3, 0.4) is 0 Å². The maximum Gasteiger partial charge on any atom is 0.263 e. The molecule has 0 bridgehead atoms. The molecule has 0 aliphatic rings. The van der Waals surface area contributed by atoms with Gasteiger partial charge in [-0.05, 0) is 41.8 Å². The largest absolute Gasteiger partial charge is 0.297 e. The quantitative estimate of drug-likeness (QED) is 0.507. The van der Waals surface area contributed by atoms with Crippen LogP contribution in [0, 0.1) is 0 Å². The number of para-hydroxylation sites is 1. The summed E-state index contributed by atoms with van der Waals surface area (Å²) in [7, 11) is 0. The van der Waals surface area contributed by atoms with Crippen molar-refractivity contribution in [1.29, 1.82) is 0 Å². The molecule has 4 aromatic rings. The van der Waals surface area contributed by atoms with Gasteiger partial charge in [-0.15, -0.1) is 11.3 Å². The van der Waals surface area contributed by atoms with Gasteiger partial charge in [0, 0.05) is 34.8 Å². The summed E-state index contributed by atoms with van der Waals surface area (Å²) in [5.74, 6) is 0. The second-order valence-electron chi connectivity index (χ2n) is 5.68. The third kappa shape index (κ3) is 2.89. The smallest absolute Gasteiger partial charge is 0.263 e. The number of rotatable bonds is 4. The molecule has 0 fully saturated rings. The van der Waals surface area contributed by atoms with Crippen molar-refractivity contribution in [3.63, 3.8) is 0 Å². The topological polar surface area (TPSA) is 52.0 Å². The van der Waals surface area contributed by atoms with Crippen molar-refractivity contribution in [2.24, 2.45) is 0 Å². The molecule has 0 aliphatic heterocycles. The van der Waals surface area contributed by atoms with Crippen molar-refractivity contribution >= 4 is 17.6 Å². The highest BCUT2D eigenvalue weighted by Crippen LogP contribution is 2.28. The van der Waals surface area contributed by atoms with Gasteiger partial charge >= 0.3 is 0 Å². The van der Waals surface area contributed by atoms with Crippen molar-refractivity contribution < 1.29 is 4.79 Å². The molecule has 0 spiro atoms. The number of benzene rings is 1. The SMILES string of the molecule is O=Cc1sccc1-c1cc(-c2ccccn2)cn(-c2ccccc2)c1=O. The maximum atomic E-state index is 13.2. The molecule has 0 radical (unpaired) electrons. The Kier molecular flexibility index (Phi) is 4.29. The van der Waals surface area contributed by atoms with Crippen LogP contribution in [0.5, 0.6) is 0 Å². The Hall–Kier alpha value is -3.31. The maximum absolute atomic E-state index is 13.2. The van der Waals surface area contributed by atoms with Crippen LogP contribution < -0.4 is 5.56 Å². The summed E-state index contributed by atoms with van der Waals surface area (Å²) >= 11 is 1.32. The normalized spacial score (nSPS) is 10.6. The molecule has 4 nitrogen and oxygen atoms in total. The zero-order chi connectivity index (χ0) is 17.9. The Morgan fingerprint density at radius 1 is 0.962 bits per heavy atom. The fourth-order valence-electron chi connectivity index (χ4n) is 2.86. The first-order valence-corrected chi connectivity index (χ1v) is 8.92. The fourth-order valence-corrected chi connectivity index (χ4v) is 3.57. The predicted molar refractivity (Wildman–Crippen MR) is 104 cm³/mol. The number of thiophene rings is 1. The molecule has 4 rings (SSSR count). The summed E-state index contributed by atoms with van der Waals surface area (Å²) in [6.45, 7) is 0. The van der Waals surface area contributed by atoms with Crippen molar-refractivity contribution in [2.45, 2.75) is 0 Å². The van der Waals surface area contributed by atoms with Crippen molar-refractivity contribution in [2.75, 3.05) is 0 Å². The van der Waals surface area contributed by atoms with Crippen LogP contribution in [0.4, 0.5) is 0 Å². The molecule has 0 N–H and O–H groups in total.